The van der Waals surface area contributed by atoms with E-state index in [4.69, 9.17) is 21.1 Å². The molecule has 0 aliphatic carbocycles. The fourth-order valence-electron chi connectivity index (χ4n) is 2.67. The molecule has 7 nitrogen and oxygen atoms in total. The topological polar surface area (TPSA) is 82.1 Å². The summed E-state index contributed by atoms with van der Waals surface area (Å²) in [5.41, 5.74) is 1.46. The lowest BCUT2D eigenvalue weighted by atomic mass is 10.1. The number of carbonyl (C=O) groups excluding carboxylic acids is 3. The van der Waals surface area contributed by atoms with E-state index in [0.717, 1.165) is 22.2 Å². The monoisotopic (exact) mass is 447 g/mol. The summed E-state index contributed by atoms with van der Waals surface area (Å²) in [4.78, 5) is 37.2. The first-order chi connectivity index (χ1) is 14.4. The lowest BCUT2D eigenvalue weighted by Gasteiger charge is -2.14. The highest BCUT2D eigenvalue weighted by atomic mass is 35.5. The highest BCUT2D eigenvalue weighted by Gasteiger charge is 2.36. The first-order valence-corrected chi connectivity index (χ1v) is 9.98. The van der Waals surface area contributed by atoms with Crippen LogP contribution in [0.2, 0.25) is 5.02 Å². The third-order valence-corrected chi connectivity index (χ3v) is 5.36. The average molecular weight is 448 g/mol. The van der Waals surface area contributed by atoms with Gasteiger partial charge >= 0.3 is 5.97 Å². The SMILES string of the molecule is COC(=O)CN1C(=O)S/C(=C\c2cccc(OC)c2OCc2ccc(Cl)cc2)C1=O. The first-order valence-electron chi connectivity index (χ1n) is 8.79. The number of rotatable bonds is 7. The summed E-state index contributed by atoms with van der Waals surface area (Å²) in [7, 11) is 2.70. The number of methoxy groups -OCH3 is 2. The minimum Gasteiger partial charge on any atom is -0.493 e. The number of amides is 2. The van der Waals surface area contributed by atoms with Crippen molar-refractivity contribution in [3.8, 4) is 11.5 Å². The van der Waals surface area contributed by atoms with Gasteiger partial charge in [-0.15, -0.1) is 0 Å². The molecule has 2 aromatic carbocycles. The second-order valence-electron chi connectivity index (χ2n) is 6.14. The predicted octanol–water partition coefficient (Wildman–Crippen LogP) is 4.14. The van der Waals surface area contributed by atoms with Crippen LogP contribution in [0, 0.1) is 0 Å². The Hall–Kier alpha value is -2.97. The van der Waals surface area contributed by atoms with Gasteiger partial charge in [-0.1, -0.05) is 35.9 Å². The molecule has 0 aromatic heterocycles. The van der Waals surface area contributed by atoms with Gasteiger partial charge in [-0.2, -0.15) is 0 Å². The van der Waals surface area contributed by atoms with Crippen LogP contribution in [-0.2, 0) is 20.9 Å². The molecular weight excluding hydrogens is 430 g/mol. The summed E-state index contributed by atoms with van der Waals surface area (Å²) in [6, 6.07) is 12.4. The van der Waals surface area contributed by atoms with Gasteiger partial charge in [0.1, 0.15) is 13.2 Å². The summed E-state index contributed by atoms with van der Waals surface area (Å²) < 4.78 is 15.9. The van der Waals surface area contributed by atoms with Gasteiger partial charge in [-0.3, -0.25) is 19.3 Å². The maximum atomic E-state index is 12.6. The molecule has 0 radical (unpaired) electrons. The Morgan fingerprint density at radius 1 is 1.13 bits per heavy atom. The van der Waals surface area contributed by atoms with Crippen molar-refractivity contribution in [2.75, 3.05) is 20.8 Å². The highest BCUT2D eigenvalue weighted by Crippen LogP contribution is 2.37. The van der Waals surface area contributed by atoms with E-state index < -0.39 is 23.7 Å². The normalized spacial score (nSPS) is 14.9. The van der Waals surface area contributed by atoms with Crippen molar-refractivity contribution in [3.05, 3.63) is 63.5 Å². The van der Waals surface area contributed by atoms with Gasteiger partial charge in [-0.25, -0.2) is 0 Å². The van der Waals surface area contributed by atoms with Crippen LogP contribution in [-0.4, -0.2) is 42.8 Å². The van der Waals surface area contributed by atoms with Crippen LogP contribution in [0.4, 0.5) is 4.79 Å². The van der Waals surface area contributed by atoms with Crippen LogP contribution in [0.5, 0.6) is 11.5 Å². The van der Waals surface area contributed by atoms with Gasteiger partial charge in [0.25, 0.3) is 11.1 Å². The molecule has 0 N–H and O–H groups in total. The number of ether oxygens (including phenoxy) is 3. The van der Waals surface area contributed by atoms with Crippen LogP contribution in [0.25, 0.3) is 6.08 Å². The molecule has 1 aliphatic heterocycles. The third kappa shape index (κ3) is 4.95. The number of halogens is 1. The molecule has 2 aromatic rings. The molecule has 1 heterocycles. The number of esters is 1. The number of carbonyl (C=O) groups is 3. The van der Waals surface area contributed by atoms with E-state index in [1.54, 1.807) is 36.4 Å². The molecule has 0 saturated carbocycles. The fourth-order valence-corrected chi connectivity index (χ4v) is 3.62. The molecule has 1 aliphatic rings. The first kappa shape index (κ1) is 21.7. The van der Waals surface area contributed by atoms with Crippen LogP contribution < -0.4 is 9.47 Å². The van der Waals surface area contributed by atoms with E-state index in [1.807, 2.05) is 12.1 Å². The molecule has 2 amide bonds. The quantitative estimate of drug-likeness (QED) is 0.466. The molecule has 0 unspecified atom stereocenters. The van der Waals surface area contributed by atoms with Gasteiger partial charge in [0.15, 0.2) is 11.5 Å². The Morgan fingerprint density at radius 2 is 1.87 bits per heavy atom. The summed E-state index contributed by atoms with van der Waals surface area (Å²) in [5, 5.41) is 0.0857. The molecule has 0 atom stereocenters. The molecule has 156 valence electrons. The van der Waals surface area contributed by atoms with Crippen molar-refractivity contribution < 1.29 is 28.6 Å². The number of hydrogen-bond acceptors (Lipinski definition) is 7. The molecular formula is C21H18ClNO6S. The van der Waals surface area contributed by atoms with Crippen LogP contribution in [0.1, 0.15) is 11.1 Å². The van der Waals surface area contributed by atoms with E-state index in [0.29, 0.717) is 22.1 Å². The number of imide groups is 1. The van der Waals surface area contributed by atoms with Crippen LogP contribution in [0.15, 0.2) is 47.4 Å². The molecule has 0 bridgehead atoms. The van der Waals surface area contributed by atoms with E-state index in [1.165, 1.54) is 14.2 Å². The summed E-state index contributed by atoms with van der Waals surface area (Å²) in [5.74, 6) is -0.338. The van der Waals surface area contributed by atoms with Crippen molar-refractivity contribution >= 4 is 46.6 Å². The van der Waals surface area contributed by atoms with Crippen molar-refractivity contribution in [2.45, 2.75) is 6.61 Å². The zero-order chi connectivity index (χ0) is 21.7. The minimum absolute atomic E-state index is 0.175. The average Bonchev–Trinajstić information content (AvgIpc) is 3.01. The van der Waals surface area contributed by atoms with E-state index in [9.17, 15) is 14.4 Å². The number of benzene rings is 2. The lowest BCUT2D eigenvalue weighted by Crippen LogP contribution is -2.34. The van der Waals surface area contributed by atoms with E-state index in [2.05, 4.69) is 4.74 Å². The molecule has 1 saturated heterocycles. The Bertz CT molecular complexity index is 1010. The van der Waals surface area contributed by atoms with Crippen molar-refractivity contribution in [2.24, 2.45) is 0 Å². The van der Waals surface area contributed by atoms with Crippen molar-refractivity contribution in [1.29, 1.82) is 0 Å². The third-order valence-electron chi connectivity index (χ3n) is 4.20. The molecule has 0 spiro atoms. The standard InChI is InChI=1S/C21H18ClNO6S/c1-27-16-5-3-4-14(19(16)29-12-13-6-8-15(22)9-7-13)10-17-20(25)23(21(26)30-17)11-18(24)28-2/h3-10H,11-12H2,1-2H3/b17-10-. The summed E-state index contributed by atoms with van der Waals surface area (Å²) in [6.45, 7) is -0.182. The molecule has 3 rings (SSSR count). The smallest absolute Gasteiger partial charge is 0.325 e. The largest absolute Gasteiger partial charge is 0.493 e. The summed E-state index contributed by atoms with van der Waals surface area (Å²) in [6.07, 6.45) is 1.54. The predicted molar refractivity (Wildman–Crippen MR) is 113 cm³/mol. The number of para-hydroxylation sites is 1. The van der Waals surface area contributed by atoms with Gasteiger partial charge in [0, 0.05) is 10.6 Å². The zero-order valence-corrected chi connectivity index (χ0v) is 17.8. The molecule has 30 heavy (non-hydrogen) atoms. The number of thioether (sulfide) groups is 1. The van der Waals surface area contributed by atoms with Crippen LogP contribution >= 0.6 is 23.4 Å². The lowest BCUT2D eigenvalue weighted by molar-refractivity contribution is -0.143. The molecule has 1 fully saturated rings. The van der Waals surface area contributed by atoms with E-state index in [-0.39, 0.29) is 11.5 Å². The Kier molecular flexibility index (Phi) is 7.02. The fraction of sp³-hybridized carbons (Fsp3) is 0.190. The van der Waals surface area contributed by atoms with Gasteiger partial charge in [0.05, 0.1) is 19.1 Å². The number of nitrogens with zero attached hydrogens (tertiary/aromatic N) is 1. The Balaban J connectivity index is 1.86. The van der Waals surface area contributed by atoms with Gasteiger partial charge in [0.2, 0.25) is 0 Å². The number of hydrogen-bond donors (Lipinski definition) is 0. The Morgan fingerprint density at radius 3 is 2.53 bits per heavy atom. The summed E-state index contributed by atoms with van der Waals surface area (Å²) >= 11 is 6.66. The minimum atomic E-state index is -0.674. The van der Waals surface area contributed by atoms with Gasteiger partial charge in [-0.05, 0) is 41.6 Å². The van der Waals surface area contributed by atoms with Gasteiger partial charge < -0.3 is 14.2 Å². The maximum Gasteiger partial charge on any atom is 0.325 e. The maximum absolute atomic E-state index is 12.6. The van der Waals surface area contributed by atoms with E-state index >= 15 is 0 Å². The zero-order valence-electron chi connectivity index (χ0n) is 16.2. The van der Waals surface area contributed by atoms with Crippen molar-refractivity contribution in [1.82, 2.24) is 4.90 Å². The second-order valence-corrected chi connectivity index (χ2v) is 7.57. The van der Waals surface area contributed by atoms with Crippen LogP contribution in [0.3, 0.4) is 0 Å². The molecule has 9 heteroatoms. The highest BCUT2D eigenvalue weighted by molar-refractivity contribution is 8.18. The Labute approximate surface area is 182 Å². The van der Waals surface area contributed by atoms with Crippen molar-refractivity contribution in [3.63, 3.8) is 0 Å². The second kappa shape index (κ2) is 9.69.